The first-order chi connectivity index (χ1) is 9.11. The first-order valence-electron chi connectivity index (χ1n) is 6.64. The third kappa shape index (κ3) is 3.45. The SMILES string of the molecule is CCCNCc1ccn(-c2cc(C)c(Br)c(C)c2)n1. The zero-order chi connectivity index (χ0) is 13.8. The highest BCUT2D eigenvalue weighted by atomic mass is 79.9. The summed E-state index contributed by atoms with van der Waals surface area (Å²) in [5.41, 5.74) is 4.65. The van der Waals surface area contributed by atoms with Crippen LogP contribution in [0.3, 0.4) is 0 Å². The molecule has 2 aromatic rings. The number of aromatic nitrogens is 2. The van der Waals surface area contributed by atoms with Gasteiger partial charge in [-0.2, -0.15) is 5.10 Å². The number of halogens is 1. The molecule has 0 spiro atoms. The van der Waals surface area contributed by atoms with Gasteiger partial charge in [-0.15, -0.1) is 0 Å². The topological polar surface area (TPSA) is 29.9 Å². The monoisotopic (exact) mass is 321 g/mol. The molecule has 0 aliphatic heterocycles. The number of benzene rings is 1. The van der Waals surface area contributed by atoms with Crippen LogP contribution >= 0.6 is 15.9 Å². The van der Waals surface area contributed by atoms with Gasteiger partial charge in [0.05, 0.1) is 11.4 Å². The van der Waals surface area contributed by atoms with E-state index in [1.165, 1.54) is 15.6 Å². The largest absolute Gasteiger partial charge is 0.311 e. The quantitative estimate of drug-likeness (QED) is 0.850. The highest BCUT2D eigenvalue weighted by Crippen LogP contribution is 2.24. The van der Waals surface area contributed by atoms with Gasteiger partial charge in [0, 0.05) is 17.2 Å². The molecule has 0 saturated heterocycles. The van der Waals surface area contributed by atoms with Crippen LogP contribution in [0.25, 0.3) is 5.69 Å². The summed E-state index contributed by atoms with van der Waals surface area (Å²) in [6.07, 6.45) is 3.16. The van der Waals surface area contributed by atoms with Gasteiger partial charge in [0.15, 0.2) is 0 Å². The van der Waals surface area contributed by atoms with E-state index in [1.807, 2.05) is 10.9 Å². The smallest absolute Gasteiger partial charge is 0.0766 e. The van der Waals surface area contributed by atoms with Crippen molar-refractivity contribution in [2.75, 3.05) is 6.54 Å². The summed E-state index contributed by atoms with van der Waals surface area (Å²) in [4.78, 5) is 0. The zero-order valence-corrected chi connectivity index (χ0v) is 13.3. The summed E-state index contributed by atoms with van der Waals surface area (Å²) < 4.78 is 3.11. The summed E-state index contributed by atoms with van der Waals surface area (Å²) in [5, 5.41) is 7.97. The molecule has 19 heavy (non-hydrogen) atoms. The molecule has 0 radical (unpaired) electrons. The highest BCUT2D eigenvalue weighted by molar-refractivity contribution is 9.10. The number of nitrogens with one attached hydrogen (secondary N) is 1. The van der Waals surface area contributed by atoms with Crippen LogP contribution in [0.5, 0.6) is 0 Å². The Morgan fingerprint density at radius 1 is 1.26 bits per heavy atom. The first-order valence-corrected chi connectivity index (χ1v) is 7.43. The fourth-order valence-corrected chi connectivity index (χ4v) is 2.28. The lowest BCUT2D eigenvalue weighted by Gasteiger charge is -2.08. The fraction of sp³-hybridized carbons (Fsp3) is 0.400. The van der Waals surface area contributed by atoms with Crippen molar-refractivity contribution < 1.29 is 0 Å². The Morgan fingerprint density at radius 2 is 1.95 bits per heavy atom. The highest BCUT2D eigenvalue weighted by Gasteiger charge is 2.05. The van der Waals surface area contributed by atoms with Gasteiger partial charge in [-0.3, -0.25) is 0 Å². The Bertz CT molecular complexity index is 537. The van der Waals surface area contributed by atoms with E-state index < -0.39 is 0 Å². The lowest BCUT2D eigenvalue weighted by molar-refractivity contribution is 0.656. The second-order valence-electron chi connectivity index (χ2n) is 4.82. The Kier molecular flexibility index (Phi) is 4.77. The number of hydrogen-bond donors (Lipinski definition) is 1. The summed E-state index contributed by atoms with van der Waals surface area (Å²) in [6.45, 7) is 8.24. The van der Waals surface area contributed by atoms with Crippen LogP contribution in [-0.2, 0) is 6.54 Å². The maximum Gasteiger partial charge on any atom is 0.0766 e. The Labute approximate surface area is 123 Å². The van der Waals surface area contributed by atoms with Gasteiger partial charge in [0.25, 0.3) is 0 Å². The molecule has 0 aliphatic carbocycles. The van der Waals surface area contributed by atoms with Crippen LogP contribution < -0.4 is 5.32 Å². The maximum atomic E-state index is 4.60. The van der Waals surface area contributed by atoms with Crippen molar-refractivity contribution in [1.82, 2.24) is 15.1 Å². The van der Waals surface area contributed by atoms with Crippen LogP contribution in [0.4, 0.5) is 0 Å². The summed E-state index contributed by atoms with van der Waals surface area (Å²) in [7, 11) is 0. The molecule has 1 N–H and O–H groups in total. The van der Waals surface area contributed by atoms with Crippen molar-refractivity contribution in [2.45, 2.75) is 33.7 Å². The van der Waals surface area contributed by atoms with E-state index in [2.05, 4.69) is 65.3 Å². The van der Waals surface area contributed by atoms with E-state index >= 15 is 0 Å². The Morgan fingerprint density at radius 3 is 2.58 bits per heavy atom. The summed E-state index contributed by atoms with van der Waals surface area (Å²) in [6, 6.07) is 6.36. The lowest BCUT2D eigenvalue weighted by atomic mass is 10.1. The molecular weight excluding hydrogens is 302 g/mol. The van der Waals surface area contributed by atoms with Gasteiger partial charge in [0.2, 0.25) is 0 Å². The van der Waals surface area contributed by atoms with E-state index in [1.54, 1.807) is 0 Å². The minimum atomic E-state index is 0.829. The molecule has 1 heterocycles. The summed E-state index contributed by atoms with van der Waals surface area (Å²) >= 11 is 3.59. The average Bonchev–Trinajstić information content (AvgIpc) is 2.84. The van der Waals surface area contributed by atoms with Crippen molar-refractivity contribution in [2.24, 2.45) is 0 Å². The van der Waals surface area contributed by atoms with Crippen molar-refractivity contribution in [3.63, 3.8) is 0 Å². The van der Waals surface area contributed by atoms with Crippen molar-refractivity contribution in [3.8, 4) is 5.69 Å². The summed E-state index contributed by atoms with van der Waals surface area (Å²) in [5.74, 6) is 0. The number of aryl methyl sites for hydroxylation is 2. The van der Waals surface area contributed by atoms with Gasteiger partial charge in [-0.25, -0.2) is 4.68 Å². The van der Waals surface area contributed by atoms with E-state index in [9.17, 15) is 0 Å². The fourth-order valence-electron chi connectivity index (χ4n) is 2.05. The third-order valence-electron chi connectivity index (χ3n) is 3.06. The number of hydrogen-bond acceptors (Lipinski definition) is 2. The predicted octanol–water partition coefficient (Wildman–Crippen LogP) is 3.75. The first kappa shape index (κ1) is 14.3. The van der Waals surface area contributed by atoms with Crippen molar-refractivity contribution in [3.05, 3.63) is 45.7 Å². The lowest BCUT2D eigenvalue weighted by Crippen LogP contribution is -2.14. The van der Waals surface area contributed by atoms with Gasteiger partial charge in [-0.05, 0) is 56.1 Å². The molecule has 1 aromatic carbocycles. The molecule has 2 rings (SSSR count). The van der Waals surface area contributed by atoms with Gasteiger partial charge in [0.1, 0.15) is 0 Å². The van der Waals surface area contributed by atoms with E-state index in [0.29, 0.717) is 0 Å². The van der Waals surface area contributed by atoms with Crippen LogP contribution in [0.15, 0.2) is 28.9 Å². The normalized spacial score (nSPS) is 10.9. The molecule has 0 saturated carbocycles. The van der Waals surface area contributed by atoms with Crippen LogP contribution in [0.2, 0.25) is 0 Å². The molecule has 0 bridgehead atoms. The Hall–Kier alpha value is -1.13. The molecule has 0 unspecified atom stereocenters. The predicted molar refractivity (Wildman–Crippen MR) is 82.7 cm³/mol. The molecule has 0 aliphatic rings. The molecule has 3 nitrogen and oxygen atoms in total. The molecular formula is C15H20BrN3. The van der Waals surface area contributed by atoms with Crippen molar-refractivity contribution >= 4 is 15.9 Å². The average molecular weight is 322 g/mol. The van der Waals surface area contributed by atoms with Gasteiger partial charge >= 0.3 is 0 Å². The van der Waals surface area contributed by atoms with E-state index in [0.717, 1.165) is 30.9 Å². The van der Waals surface area contributed by atoms with Gasteiger partial charge in [-0.1, -0.05) is 22.9 Å². The minimum Gasteiger partial charge on any atom is -0.311 e. The Balaban J connectivity index is 2.18. The number of rotatable bonds is 5. The molecule has 4 heteroatoms. The third-order valence-corrected chi connectivity index (χ3v) is 4.31. The van der Waals surface area contributed by atoms with Crippen molar-refractivity contribution in [1.29, 1.82) is 0 Å². The van der Waals surface area contributed by atoms with E-state index in [4.69, 9.17) is 0 Å². The van der Waals surface area contributed by atoms with Crippen LogP contribution in [0, 0.1) is 13.8 Å². The second kappa shape index (κ2) is 6.35. The molecule has 102 valence electrons. The second-order valence-corrected chi connectivity index (χ2v) is 5.61. The van der Waals surface area contributed by atoms with Crippen LogP contribution in [-0.4, -0.2) is 16.3 Å². The number of nitrogens with zero attached hydrogens (tertiary/aromatic N) is 2. The zero-order valence-electron chi connectivity index (χ0n) is 11.7. The van der Waals surface area contributed by atoms with Crippen LogP contribution in [0.1, 0.15) is 30.2 Å². The molecule has 0 fully saturated rings. The van der Waals surface area contributed by atoms with E-state index in [-0.39, 0.29) is 0 Å². The minimum absolute atomic E-state index is 0.829. The molecule has 0 atom stereocenters. The standard InChI is InChI=1S/C15H20BrN3/c1-4-6-17-10-13-5-7-19(18-13)14-8-11(2)15(16)12(3)9-14/h5,7-9,17H,4,6,10H2,1-3H3. The molecule has 1 aromatic heterocycles. The van der Waals surface area contributed by atoms with Gasteiger partial charge < -0.3 is 5.32 Å². The molecule has 0 amide bonds. The maximum absolute atomic E-state index is 4.60.